The summed E-state index contributed by atoms with van der Waals surface area (Å²) in [6, 6.07) is 12.6. The van der Waals surface area contributed by atoms with Gasteiger partial charge in [0.15, 0.2) is 0 Å². The second-order valence-electron chi connectivity index (χ2n) is 5.72. The maximum atomic E-state index is 13.9. The zero-order valence-electron chi connectivity index (χ0n) is 14.9. The van der Waals surface area contributed by atoms with E-state index in [1.165, 1.54) is 29.0 Å². The first-order chi connectivity index (χ1) is 13.0. The third-order valence-corrected chi connectivity index (χ3v) is 5.26. The standard InChI is InChI=1S/C19H16F3NO4S/c1-14-8-6-7-9-15(14)12-13-18(17(24)27-2,19(20,21)22)23-28(25,26)16-10-4-3-5-11-16/h3-11,23H,1-2H3. The first-order valence-electron chi connectivity index (χ1n) is 7.86. The molecule has 2 aromatic rings. The van der Waals surface area contributed by atoms with Gasteiger partial charge in [0.05, 0.1) is 12.0 Å². The number of alkyl halides is 3. The number of aryl methyl sites for hydroxylation is 1. The van der Waals surface area contributed by atoms with Crippen LogP contribution in [-0.4, -0.2) is 33.2 Å². The smallest absolute Gasteiger partial charge is 0.429 e. The Hall–Kier alpha value is -2.83. The molecule has 0 aliphatic rings. The van der Waals surface area contributed by atoms with Gasteiger partial charge in [-0.05, 0) is 30.7 Å². The molecule has 0 aromatic heterocycles. The maximum absolute atomic E-state index is 13.9. The van der Waals surface area contributed by atoms with E-state index >= 15 is 0 Å². The molecule has 1 unspecified atom stereocenters. The molecular formula is C19H16F3NO4S. The van der Waals surface area contributed by atoms with E-state index in [2.05, 4.69) is 10.7 Å². The Morgan fingerprint density at radius 1 is 1.04 bits per heavy atom. The van der Waals surface area contributed by atoms with Crippen LogP contribution in [0.1, 0.15) is 11.1 Å². The first-order valence-corrected chi connectivity index (χ1v) is 9.35. The van der Waals surface area contributed by atoms with Crippen LogP contribution in [0.15, 0.2) is 59.5 Å². The molecule has 0 amide bonds. The highest BCUT2D eigenvalue weighted by Crippen LogP contribution is 2.33. The average Bonchev–Trinajstić information content (AvgIpc) is 2.65. The van der Waals surface area contributed by atoms with E-state index in [9.17, 15) is 26.4 Å². The van der Waals surface area contributed by atoms with Gasteiger partial charge in [0.25, 0.3) is 5.54 Å². The summed E-state index contributed by atoms with van der Waals surface area (Å²) >= 11 is 0. The summed E-state index contributed by atoms with van der Waals surface area (Å²) in [7, 11) is -4.03. The van der Waals surface area contributed by atoms with Crippen molar-refractivity contribution in [2.45, 2.75) is 23.5 Å². The Kier molecular flexibility index (Phi) is 6.17. The number of methoxy groups -OCH3 is 1. The molecule has 0 radical (unpaired) electrons. The molecule has 0 saturated heterocycles. The van der Waals surface area contributed by atoms with Crippen LogP contribution in [0.2, 0.25) is 0 Å². The second-order valence-corrected chi connectivity index (χ2v) is 7.41. The van der Waals surface area contributed by atoms with Gasteiger partial charge in [-0.25, -0.2) is 13.2 Å². The van der Waals surface area contributed by atoms with Gasteiger partial charge in [0.2, 0.25) is 10.0 Å². The molecule has 0 fully saturated rings. The van der Waals surface area contributed by atoms with Gasteiger partial charge in [-0.1, -0.05) is 48.2 Å². The largest absolute Gasteiger partial charge is 0.467 e. The van der Waals surface area contributed by atoms with E-state index in [1.807, 2.05) is 0 Å². The predicted octanol–water partition coefficient (Wildman–Crippen LogP) is 2.80. The molecule has 1 N–H and O–H groups in total. The highest BCUT2D eigenvalue weighted by Gasteiger charge is 2.63. The number of sulfonamides is 1. The summed E-state index contributed by atoms with van der Waals surface area (Å²) in [5.41, 5.74) is -3.01. The van der Waals surface area contributed by atoms with Gasteiger partial charge < -0.3 is 4.74 Å². The fourth-order valence-corrected chi connectivity index (χ4v) is 3.54. The summed E-state index contributed by atoms with van der Waals surface area (Å²) in [4.78, 5) is 11.7. The molecule has 2 aromatic carbocycles. The molecule has 1 atom stereocenters. The van der Waals surface area contributed by atoms with E-state index < -0.39 is 32.6 Å². The molecule has 2 rings (SSSR count). The Morgan fingerprint density at radius 3 is 2.14 bits per heavy atom. The number of carbonyl (C=O) groups excluding carboxylic acids is 1. The number of halogens is 3. The third-order valence-electron chi connectivity index (χ3n) is 3.79. The van der Waals surface area contributed by atoms with Gasteiger partial charge in [-0.2, -0.15) is 17.9 Å². The molecule has 9 heteroatoms. The lowest BCUT2D eigenvalue weighted by Gasteiger charge is -2.28. The molecule has 148 valence electrons. The average molecular weight is 411 g/mol. The molecule has 0 spiro atoms. The van der Waals surface area contributed by atoms with Gasteiger partial charge in [0.1, 0.15) is 0 Å². The number of hydrogen-bond donors (Lipinski definition) is 1. The zero-order chi connectivity index (χ0) is 21.0. The van der Waals surface area contributed by atoms with Crippen molar-refractivity contribution in [1.82, 2.24) is 4.72 Å². The topological polar surface area (TPSA) is 72.5 Å². The monoisotopic (exact) mass is 411 g/mol. The molecule has 0 saturated carbocycles. The summed E-state index contributed by atoms with van der Waals surface area (Å²) in [6.07, 6.45) is -5.39. The highest BCUT2D eigenvalue weighted by atomic mass is 32.2. The Bertz CT molecular complexity index is 1020. The number of carbonyl (C=O) groups is 1. The van der Waals surface area contributed by atoms with Crippen LogP contribution in [0.25, 0.3) is 0 Å². The number of rotatable bonds is 4. The lowest BCUT2D eigenvalue weighted by Crippen LogP contribution is -2.63. The minimum absolute atomic E-state index is 0.207. The number of esters is 1. The normalized spacial score (nSPS) is 13.8. The SMILES string of the molecule is COC(=O)C(C#Cc1ccccc1C)(NS(=O)(=O)c1ccccc1)C(F)(F)F. The van der Waals surface area contributed by atoms with Gasteiger partial charge in [-0.3, -0.25) is 0 Å². The Balaban J connectivity index is 2.67. The van der Waals surface area contributed by atoms with Crippen molar-refractivity contribution in [3.63, 3.8) is 0 Å². The lowest BCUT2D eigenvalue weighted by molar-refractivity contribution is -0.194. The van der Waals surface area contributed by atoms with Crippen LogP contribution in [-0.2, 0) is 19.6 Å². The first kappa shape index (κ1) is 21.5. The fourth-order valence-electron chi connectivity index (χ4n) is 2.25. The minimum atomic E-state index is -5.39. The van der Waals surface area contributed by atoms with Crippen molar-refractivity contribution in [1.29, 1.82) is 0 Å². The van der Waals surface area contributed by atoms with E-state index in [-0.39, 0.29) is 5.56 Å². The van der Waals surface area contributed by atoms with Crippen LogP contribution in [0.5, 0.6) is 0 Å². The Morgan fingerprint density at radius 2 is 1.61 bits per heavy atom. The zero-order valence-corrected chi connectivity index (χ0v) is 15.7. The predicted molar refractivity (Wildman–Crippen MR) is 95.6 cm³/mol. The summed E-state index contributed by atoms with van der Waals surface area (Å²) in [5.74, 6) is 2.13. The fraction of sp³-hybridized carbons (Fsp3) is 0.211. The van der Waals surface area contributed by atoms with Crippen LogP contribution >= 0.6 is 0 Å². The molecular weight excluding hydrogens is 395 g/mol. The van der Waals surface area contributed by atoms with Crippen molar-refractivity contribution in [2.75, 3.05) is 7.11 Å². The van der Waals surface area contributed by atoms with Crippen molar-refractivity contribution < 1.29 is 31.1 Å². The number of hydrogen-bond acceptors (Lipinski definition) is 4. The maximum Gasteiger partial charge on any atom is 0.429 e. The van der Waals surface area contributed by atoms with Gasteiger partial charge in [0, 0.05) is 5.56 Å². The summed E-state index contributed by atoms with van der Waals surface area (Å²) in [6.45, 7) is 1.62. The Labute approximate surface area is 160 Å². The molecule has 0 aliphatic carbocycles. The number of ether oxygens (including phenoxy) is 1. The quantitative estimate of drug-likeness (QED) is 0.620. The minimum Gasteiger partial charge on any atom is -0.467 e. The summed E-state index contributed by atoms with van der Waals surface area (Å²) in [5, 5.41) is 0. The van der Waals surface area contributed by atoms with E-state index in [0.29, 0.717) is 5.56 Å². The van der Waals surface area contributed by atoms with Crippen LogP contribution in [0.3, 0.4) is 0 Å². The van der Waals surface area contributed by atoms with E-state index in [0.717, 1.165) is 19.2 Å². The molecule has 28 heavy (non-hydrogen) atoms. The van der Waals surface area contributed by atoms with Gasteiger partial charge in [-0.15, -0.1) is 0 Å². The van der Waals surface area contributed by atoms with E-state index in [4.69, 9.17) is 0 Å². The van der Waals surface area contributed by atoms with Crippen LogP contribution < -0.4 is 4.72 Å². The molecule has 5 nitrogen and oxygen atoms in total. The number of benzene rings is 2. The third kappa shape index (κ3) is 4.35. The van der Waals surface area contributed by atoms with Crippen molar-refractivity contribution in [3.8, 4) is 11.8 Å². The molecule has 0 heterocycles. The highest BCUT2D eigenvalue weighted by molar-refractivity contribution is 7.89. The number of nitrogens with one attached hydrogen (secondary N) is 1. The van der Waals surface area contributed by atoms with Gasteiger partial charge >= 0.3 is 12.1 Å². The van der Waals surface area contributed by atoms with Crippen molar-refractivity contribution >= 4 is 16.0 Å². The summed E-state index contributed by atoms with van der Waals surface area (Å²) < 4.78 is 72.5. The van der Waals surface area contributed by atoms with Crippen molar-refractivity contribution in [3.05, 3.63) is 65.7 Å². The van der Waals surface area contributed by atoms with Crippen molar-refractivity contribution in [2.24, 2.45) is 0 Å². The molecule has 0 bridgehead atoms. The van der Waals surface area contributed by atoms with Crippen LogP contribution in [0.4, 0.5) is 13.2 Å². The van der Waals surface area contributed by atoms with E-state index in [1.54, 1.807) is 31.0 Å². The second kappa shape index (κ2) is 8.04. The van der Waals surface area contributed by atoms with Crippen LogP contribution in [0, 0.1) is 18.8 Å². The molecule has 0 aliphatic heterocycles. The lowest BCUT2D eigenvalue weighted by atomic mass is 10.00.